The largest absolute Gasteiger partial charge is 0.481 e. The van der Waals surface area contributed by atoms with Gasteiger partial charge in [-0.1, -0.05) is 6.92 Å². The Morgan fingerprint density at radius 1 is 1.11 bits per heavy atom. The number of nitrogens with one attached hydrogen (secondary N) is 2. The molecule has 5 aliphatic rings. The van der Waals surface area contributed by atoms with Crippen LogP contribution in [-0.4, -0.2) is 51.0 Å². The van der Waals surface area contributed by atoms with E-state index >= 15 is 0 Å². The Morgan fingerprint density at radius 3 is 2.46 bits per heavy atom. The van der Waals surface area contributed by atoms with E-state index < -0.39 is 11.6 Å². The minimum Gasteiger partial charge on any atom is -0.481 e. The fourth-order valence-electron chi connectivity index (χ4n) is 7.33. The molecular formula is C27H39N3O4S. The average molecular weight is 502 g/mol. The first kappa shape index (κ1) is 24.9. The third kappa shape index (κ3) is 5.48. The lowest BCUT2D eigenvalue weighted by Gasteiger charge is -2.58. The van der Waals surface area contributed by atoms with Gasteiger partial charge in [0.05, 0.1) is 17.1 Å². The molecule has 4 bridgehead atoms. The van der Waals surface area contributed by atoms with Crippen LogP contribution < -0.4 is 10.6 Å². The molecule has 35 heavy (non-hydrogen) atoms. The third-order valence-corrected chi connectivity index (χ3v) is 10.1. The number of anilines is 1. The first-order valence-corrected chi connectivity index (χ1v) is 14.5. The second-order valence-electron chi connectivity index (χ2n) is 11.5. The van der Waals surface area contributed by atoms with Crippen LogP contribution in [0.5, 0.6) is 0 Å². The molecule has 1 heterocycles. The van der Waals surface area contributed by atoms with Gasteiger partial charge in [-0.25, -0.2) is 4.98 Å². The van der Waals surface area contributed by atoms with Crippen molar-refractivity contribution in [3.63, 3.8) is 0 Å². The Labute approximate surface area is 212 Å². The smallest absolute Gasteiger partial charge is 0.306 e. The highest BCUT2D eigenvalue weighted by Gasteiger charge is 2.55. The fraction of sp³-hybridized carbons (Fsp3) is 0.741. The molecule has 5 fully saturated rings. The molecule has 1 aromatic rings. The summed E-state index contributed by atoms with van der Waals surface area (Å²) in [7, 11) is 0. The molecule has 2 atom stereocenters. The van der Waals surface area contributed by atoms with Crippen LogP contribution in [0.15, 0.2) is 17.2 Å². The van der Waals surface area contributed by atoms with E-state index in [-0.39, 0.29) is 17.9 Å². The number of aliphatic hydroxyl groups is 1. The monoisotopic (exact) mass is 501 g/mol. The lowest BCUT2D eigenvalue weighted by Crippen LogP contribution is -2.61. The van der Waals surface area contributed by atoms with Gasteiger partial charge in [-0.05, 0) is 106 Å². The van der Waals surface area contributed by atoms with Crippen LogP contribution in [0.1, 0.15) is 81.5 Å². The Hall–Kier alpha value is -1.80. The summed E-state index contributed by atoms with van der Waals surface area (Å²) in [6.07, 6.45) is 9.15. The van der Waals surface area contributed by atoms with Crippen molar-refractivity contribution in [2.24, 2.45) is 29.6 Å². The molecule has 1 aromatic heterocycles. The zero-order valence-electron chi connectivity index (χ0n) is 20.7. The van der Waals surface area contributed by atoms with Crippen LogP contribution in [0.3, 0.4) is 0 Å². The fourth-order valence-corrected chi connectivity index (χ4v) is 8.21. The van der Waals surface area contributed by atoms with Gasteiger partial charge in [0, 0.05) is 12.6 Å². The number of carbonyl (C=O) groups excluding carboxylic acids is 1. The molecule has 5 saturated carbocycles. The minimum absolute atomic E-state index is 0.0425. The summed E-state index contributed by atoms with van der Waals surface area (Å²) < 4.78 is 0. The number of pyridine rings is 1. The molecule has 7 nitrogen and oxygen atoms in total. The maximum atomic E-state index is 13.4. The van der Waals surface area contributed by atoms with Crippen molar-refractivity contribution >= 4 is 29.5 Å². The van der Waals surface area contributed by atoms with E-state index in [2.05, 4.69) is 17.6 Å². The number of carboxylic acid groups (broad SMARTS) is 1. The van der Waals surface area contributed by atoms with Gasteiger partial charge in [0.25, 0.3) is 5.91 Å². The number of rotatable bonds is 9. The molecule has 6 rings (SSSR count). The highest BCUT2D eigenvalue weighted by atomic mass is 32.2. The number of nitrogens with zero attached hydrogens (tertiary/aromatic N) is 1. The van der Waals surface area contributed by atoms with Crippen LogP contribution in [-0.2, 0) is 4.79 Å². The van der Waals surface area contributed by atoms with E-state index in [4.69, 9.17) is 4.98 Å². The van der Waals surface area contributed by atoms with Gasteiger partial charge in [-0.15, -0.1) is 11.8 Å². The van der Waals surface area contributed by atoms with Gasteiger partial charge in [0.1, 0.15) is 10.8 Å². The SMILES string of the molecule is CCCSc1nc(NCC2CCC(C(=O)O)CC2)ccc1C(=O)N[C@H]1C2CC3CC1C[C@@](O)(C3)C2. The summed E-state index contributed by atoms with van der Waals surface area (Å²) in [5, 5.41) is 27.6. The number of carbonyl (C=O) groups is 2. The zero-order chi connectivity index (χ0) is 24.6. The van der Waals surface area contributed by atoms with Gasteiger partial charge >= 0.3 is 5.97 Å². The molecule has 0 radical (unpaired) electrons. The van der Waals surface area contributed by atoms with Crippen molar-refractivity contribution < 1.29 is 19.8 Å². The number of thioether (sulfide) groups is 1. The highest BCUT2D eigenvalue weighted by molar-refractivity contribution is 7.99. The van der Waals surface area contributed by atoms with Gasteiger partial charge in [0.2, 0.25) is 0 Å². The van der Waals surface area contributed by atoms with Gasteiger partial charge < -0.3 is 20.8 Å². The minimum atomic E-state index is -0.672. The Balaban J connectivity index is 1.22. The predicted molar refractivity (Wildman–Crippen MR) is 137 cm³/mol. The normalized spacial score (nSPS) is 35.6. The van der Waals surface area contributed by atoms with E-state index in [9.17, 15) is 19.8 Å². The Morgan fingerprint density at radius 2 is 1.83 bits per heavy atom. The number of aliphatic carboxylic acids is 1. The molecule has 0 spiro atoms. The number of hydrogen-bond donors (Lipinski definition) is 4. The van der Waals surface area contributed by atoms with E-state index in [1.54, 1.807) is 11.8 Å². The van der Waals surface area contributed by atoms with E-state index in [0.29, 0.717) is 29.2 Å². The first-order chi connectivity index (χ1) is 16.8. The van der Waals surface area contributed by atoms with Crippen molar-refractivity contribution in [3.8, 4) is 0 Å². The summed E-state index contributed by atoms with van der Waals surface area (Å²) in [6.45, 7) is 2.90. The molecule has 0 saturated heterocycles. The van der Waals surface area contributed by atoms with Crippen LogP contribution in [0.4, 0.5) is 5.82 Å². The van der Waals surface area contributed by atoms with Crippen molar-refractivity contribution in [3.05, 3.63) is 17.7 Å². The lowest BCUT2D eigenvalue weighted by atomic mass is 9.52. The number of aromatic nitrogens is 1. The molecule has 2 unspecified atom stereocenters. The van der Waals surface area contributed by atoms with Crippen LogP contribution in [0.25, 0.3) is 0 Å². The Kier molecular flexibility index (Phi) is 7.31. The summed E-state index contributed by atoms with van der Waals surface area (Å²) >= 11 is 1.63. The van der Waals surface area contributed by atoms with Gasteiger partial charge in [-0.2, -0.15) is 0 Å². The Bertz CT molecular complexity index is 932. The third-order valence-electron chi connectivity index (χ3n) is 8.85. The molecule has 0 aliphatic heterocycles. The topological polar surface area (TPSA) is 112 Å². The molecule has 5 aliphatic carbocycles. The van der Waals surface area contributed by atoms with Crippen molar-refractivity contribution in [1.29, 1.82) is 0 Å². The second-order valence-corrected chi connectivity index (χ2v) is 12.6. The van der Waals surface area contributed by atoms with Crippen LogP contribution in [0, 0.1) is 29.6 Å². The maximum Gasteiger partial charge on any atom is 0.306 e. The molecule has 4 N–H and O–H groups in total. The summed E-state index contributed by atoms with van der Waals surface area (Å²) in [4.78, 5) is 29.4. The van der Waals surface area contributed by atoms with E-state index in [0.717, 1.165) is 87.3 Å². The molecule has 1 amide bonds. The number of amides is 1. The van der Waals surface area contributed by atoms with Gasteiger partial charge in [-0.3, -0.25) is 9.59 Å². The second kappa shape index (κ2) is 10.3. The zero-order valence-corrected chi connectivity index (χ0v) is 21.5. The number of carboxylic acids is 1. The van der Waals surface area contributed by atoms with Crippen molar-refractivity contribution in [1.82, 2.24) is 10.3 Å². The molecule has 192 valence electrons. The quantitative estimate of drug-likeness (QED) is 0.367. The van der Waals surface area contributed by atoms with Crippen LogP contribution >= 0.6 is 11.8 Å². The standard InChI is InChI=1S/C27H39N3O4S/c1-2-9-35-25-21(7-8-22(29-25)28-15-16-3-5-18(6-4-16)26(32)33)24(31)30-23-19-10-17-11-20(23)14-27(34,12-17)13-19/h7-8,16-20,23,34H,2-6,9-15H2,1H3,(H,28,29)(H,30,31)(H,32,33)/t16?,17?,18?,19?,20?,23-,27+. The van der Waals surface area contributed by atoms with E-state index in [1.807, 2.05) is 12.1 Å². The van der Waals surface area contributed by atoms with Crippen molar-refractivity contribution in [2.45, 2.75) is 87.8 Å². The number of hydrogen-bond acceptors (Lipinski definition) is 6. The molecule has 0 aromatic carbocycles. The van der Waals surface area contributed by atoms with Crippen molar-refractivity contribution in [2.75, 3.05) is 17.6 Å². The summed E-state index contributed by atoms with van der Waals surface area (Å²) in [5.74, 6) is 2.60. The molecule has 8 heteroatoms. The van der Waals surface area contributed by atoms with Gasteiger partial charge in [0.15, 0.2) is 0 Å². The summed E-state index contributed by atoms with van der Waals surface area (Å²) in [5.41, 5.74) is 0.144. The molecular weight excluding hydrogens is 462 g/mol. The maximum absolute atomic E-state index is 13.4. The summed E-state index contributed by atoms with van der Waals surface area (Å²) in [6, 6.07) is 3.95. The first-order valence-electron chi connectivity index (χ1n) is 13.5. The average Bonchev–Trinajstić information content (AvgIpc) is 2.82. The lowest BCUT2D eigenvalue weighted by molar-refractivity contribution is -0.143. The highest BCUT2D eigenvalue weighted by Crippen LogP contribution is 2.55. The van der Waals surface area contributed by atoms with E-state index in [1.165, 1.54) is 0 Å². The predicted octanol–water partition coefficient (Wildman–Crippen LogP) is 4.56. The van der Waals surface area contributed by atoms with Crippen LogP contribution in [0.2, 0.25) is 0 Å².